The Morgan fingerprint density at radius 1 is 1.23 bits per heavy atom. The molecule has 0 unspecified atom stereocenters. The molecule has 8 heteroatoms. The lowest BCUT2D eigenvalue weighted by Crippen LogP contribution is -2.35. The number of hydrogen-bond donors (Lipinski definition) is 2. The number of benzene rings is 1. The average molecular weight is 339 g/mol. The number of rotatable bonds is 4. The molecular weight excluding hydrogens is 321 g/mol. The van der Waals surface area contributed by atoms with Crippen molar-refractivity contribution in [3.8, 4) is 0 Å². The van der Waals surface area contributed by atoms with E-state index in [9.17, 15) is 18.0 Å². The predicted octanol–water partition coefficient (Wildman–Crippen LogP) is 4.30. The highest BCUT2D eigenvalue weighted by atomic mass is 35.5. The smallest absolute Gasteiger partial charge is 0.418 e. The molecule has 0 bridgehead atoms. The first-order valence-corrected chi connectivity index (χ1v) is 6.95. The van der Waals surface area contributed by atoms with Gasteiger partial charge in [-0.15, -0.1) is 0 Å². The standard InChI is InChI=1S/C14H18ClF3N2O2/c1-13(2,3)22-12(21)20-8-7-19-11-9(14(16,17)18)5-4-6-10(11)15/h4-6,19H,7-8H2,1-3H3,(H,20,21). The SMILES string of the molecule is CC(C)(C)OC(=O)NCCNc1c(Cl)cccc1C(F)(F)F. The zero-order valence-electron chi connectivity index (χ0n) is 12.5. The molecule has 0 aromatic heterocycles. The zero-order valence-corrected chi connectivity index (χ0v) is 13.2. The minimum Gasteiger partial charge on any atom is -0.444 e. The Kier molecular flexibility index (Phi) is 5.93. The van der Waals surface area contributed by atoms with Gasteiger partial charge in [0.15, 0.2) is 0 Å². The van der Waals surface area contributed by atoms with Crippen molar-refractivity contribution in [2.75, 3.05) is 18.4 Å². The molecule has 2 N–H and O–H groups in total. The number of nitrogens with one attached hydrogen (secondary N) is 2. The normalized spacial score (nSPS) is 12.0. The zero-order chi connectivity index (χ0) is 17.0. The van der Waals surface area contributed by atoms with Crippen molar-refractivity contribution in [3.63, 3.8) is 0 Å². The third kappa shape index (κ3) is 6.01. The summed E-state index contributed by atoms with van der Waals surface area (Å²) in [4.78, 5) is 11.4. The number of anilines is 1. The number of amides is 1. The van der Waals surface area contributed by atoms with Crippen LogP contribution in [0.1, 0.15) is 26.3 Å². The van der Waals surface area contributed by atoms with E-state index in [0.29, 0.717) is 0 Å². The largest absolute Gasteiger partial charge is 0.444 e. The molecule has 4 nitrogen and oxygen atoms in total. The van der Waals surface area contributed by atoms with Crippen molar-refractivity contribution in [1.29, 1.82) is 0 Å². The van der Waals surface area contributed by atoms with Crippen LogP contribution in [0.5, 0.6) is 0 Å². The molecule has 0 aliphatic heterocycles. The molecule has 0 atom stereocenters. The Hall–Kier alpha value is -1.63. The molecule has 1 amide bonds. The number of alkyl carbamates (subject to hydrolysis) is 1. The maximum atomic E-state index is 12.9. The van der Waals surface area contributed by atoms with Crippen LogP contribution in [0.3, 0.4) is 0 Å². The number of alkyl halides is 3. The highest BCUT2D eigenvalue weighted by Gasteiger charge is 2.34. The van der Waals surface area contributed by atoms with Crippen LogP contribution >= 0.6 is 11.6 Å². The van der Waals surface area contributed by atoms with Crippen LogP contribution in [-0.2, 0) is 10.9 Å². The van der Waals surface area contributed by atoms with E-state index in [0.717, 1.165) is 6.07 Å². The van der Waals surface area contributed by atoms with Gasteiger partial charge in [0.2, 0.25) is 0 Å². The van der Waals surface area contributed by atoms with Crippen LogP contribution in [0.2, 0.25) is 5.02 Å². The van der Waals surface area contributed by atoms with Gasteiger partial charge in [0.05, 0.1) is 16.3 Å². The quantitative estimate of drug-likeness (QED) is 0.805. The monoisotopic (exact) mass is 338 g/mol. The number of carbonyl (C=O) groups is 1. The van der Waals surface area contributed by atoms with Crippen LogP contribution in [0.15, 0.2) is 18.2 Å². The lowest BCUT2D eigenvalue weighted by Gasteiger charge is -2.20. The van der Waals surface area contributed by atoms with E-state index in [-0.39, 0.29) is 23.8 Å². The van der Waals surface area contributed by atoms with Gasteiger partial charge >= 0.3 is 12.3 Å². The lowest BCUT2D eigenvalue weighted by atomic mass is 10.1. The molecule has 124 valence electrons. The van der Waals surface area contributed by atoms with E-state index < -0.39 is 23.4 Å². The van der Waals surface area contributed by atoms with E-state index in [1.807, 2.05) is 0 Å². The summed E-state index contributed by atoms with van der Waals surface area (Å²) in [6, 6.07) is 3.53. The van der Waals surface area contributed by atoms with Gasteiger partial charge in [-0.25, -0.2) is 4.79 Å². The second-order valence-corrected chi connectivity index (χ2v) is 5.92. The van der Waals surface area contributed by atoms with E-state index in [1.54, 1.807) is 20.8 Å². The Morgan fingerprint density at radius 3 is 2.41 bits per heavy atom. The molecule has 1 aromatic carbocycles. The van der Waals surface area contributed by atoms with Gasteiger partial charge in [0, 0.05) is 13.1 Å². The molecule has 0 spiro atoms. The van der Waals surface area contributed by atoms with E-state index in [1.165, 1.54) is 12.1 Å². The molecule has 0 aliphatic carbocycles. The van der Waals surface area contributed by atoms with Gasteiger partial charge < -0.3 is 15.4 Å². The molecule has 0 fully saturated rings. The Labute approximate surface area is 132 Å². The lowest BCUT2D eigenvalue weighted by molar-refractivity contribution is -0.136. The summed E-state index contributed by atoms with van der Waals surface area (Å²) in [5.74, 6) is 0. The van der Waals surface area contributed by atoms with Crippen molar-refractivity contribution in [3.05, 3.63) is 28.8 Å². The van der Waals surface area contributed by atoms with Crippen LogP contribution in [0, 0.1) is 0 Å². The second-order valence-electron chi connectivity index (χ2n) is 5.52. The predicted molar refractivity (Wildman–Crippen MR) is 79.2 cm³/mol. The van der Waals surface area contributed by atoms with Crippen molar-refractivity contribution in [1.82, 2.24) is 5.32 Å². The average Bonchev–Trinajstić information content (AvgIpc) is 2.32. The Balaban J connectivity index is 2.58. The first-order chi connectivity index (χ1) is 10.0. The van der Waals surface area contributed by atoms with Crippen LogP contribution in [0.4, 0.5) is 23.7 Å². The van der Waals surface area contributed by atoms with E-state index in [2.05, 4.69) is 10.6 Å². The van der Waals surface area contributed by atoms with Gasteiger partial charge in [-0.3, -0.25) is 0 Å². The van der Waals surface area contributed by atoms with Crippen LogP contribution < -0.4 is 10.6 Å². The molecule has 0 saturated heterocycles. The molecule has 1 rings (SSSR count). The summed E-state index contributed by atoms with van der Waals surface area (Å²) in [6.07, 6.45) is -5.14. The Morgan fingerprint density at radius 2 is 1.86 bits per heavy atom. The summed E-state index contributed by atoms with van der Waals surface area (Å²) >= 11 is 5.79. The van der Waals surface area contributed by atoms with Crippen molar-refractivity contribution in [2.45, 2.75) is 32.5 Å². The third-order valence-electron chi connectivity index (χ3n) is 2.41. The summed E-state index contributed by atoms with van der Waals surface area (Å²) in [7, 11) is 0. The first kappa shape index (κ1) is 18.4. The first-order valence-electron chi connectivity index (χ1n) is 6.57. The van der Waals surface area contributed by atoms with Gasteiger partial charge in [0.1, 0.15) is 5.60 Å². The highest BCUT2D eigenvalue weighted by Crippen LogP contribution is 2.38. The van der Waals surface area contributed by atoms with Crippen LogP contribution in [-0.4, -0.2) is 24.8 Å². The van der Waals surface area contributed by atoms with Gasteiger partial charge in [-0.2, -0.15) is 13.2 Å². The van der Waals surface area contributed by atoms with Crippen LogP contribution in [0.25, 0.3) is 0 Å². The molecule has 0 aliphatic rings. The maximum absolute atomic E-state index is 12.9. The fraction of sp³-hybridized carbons (Fsp3) is 0.500. The number of ether oxygens (including phenoxy) is 1. The second kappa shape index (κ2) is 7.09. The third-order valence-corrected chi connectivity index (χ3v) is 2.73. The molecule has 0 saturated carbocycles. The molecular formula is C14H18ClF3N2O2. The molecule has 0 radical (unpaired) electrons. The maximum Gasteiger partial charge on any atom is 0.418 e. The van der Waals surface area contributed by atoms with Crippen molar-refractivity contribution < 1.29 is 22.7 Å². The minimum atomic E-state index is -4.51. The fourth-order valence-corrected chi connectivity index (χ4v) is 1.85. The van der Waals surface area contributed by atoms with Gasteiger partial charge in [-0.1, -0.05) is 17.7 Å². The highest BCUT2D eigenvalue weighted by molar-refractivity contribution is 6.33. The summed E-state index contributed by atoms with van der Waals surface area (Å²) in [5.41, 5.74) is -1.69. The van der Waals surface area contributed by atoms with Crippen molar-refractivity contribution in [2.24, 2.45) is 0 Å². The minimum absolute atomic E-state index is 0.0351. The molecule has 1 aromatic rings. The topological polar surface area (TPSA) is 50.4 Å². The van der Waals surface area contributed by atoms with Gasteiger partial charge in [-0.05, 0) is 32.9 Å². The molecule has 22 heavy (non-hydrogen) atoms. The van der Waals surface area contributed by atoms with Gasteiger partial charge in [0.25, 0.3) is 0 Å². The summed E-state index contributed by atoms with van der Waals surface area (Å²) in [6.45, 7) is 5.31. The Bertz CT molecular complexity index is 528. The van der Waals surface area contributed by atoms with Crippen molar-refractivity contribution >= 4 is 23.4 Å². The molecule has 0 heterocycles. The summed E-state index contributed by atoms with van der Waals surface area (Å²) < 4.78 is 43.6. The number of halogens is 4. The number of para-hydroxylation sites is 1. The number of hydrogen-bond acceptors (Lipinski definition) is 3. The van der Waals surface area contributed by atoms with E-state index >= 15 is 0 Å². The fourth-order valence-electron chi connectivity index (χ4n) is 1.61. The summed E-state index contributed by atoms with van der Waals surface area (Å²) in [5, 5.41) is 4.99. The number of carbonyl (C=O) groups excluding carboxylic acids is 1. The van der Waals surface area contributed by atoms with E-state index in [4.69, 9.17) is 16.3 Å².